The molecule has 0 atom stereocenters. The van der Waals surface area contributed by atoms with E-state index in [-0.39, 0.29) is 18.3 Å². The van der Waals surface area contributed by atoms with Gasteiger partial charge in [-0.1, -0.05) is 0 Å². The minimum absolute atomic E-state index is 0. The number of thiophene rings is 2. The van der Waals surface area contributed by atoms with Gasteiger partial charge >= 0.3 is 0 Å². The minimum Gasteiger partial charge on any atom is -0.383 e. The van der Waals surface area contributed by atoms with Gasteiger partial charge in [0.15, 0.2) is 0 Å². The van der Waals surface area contributed by atoms with E-state index in [4.69, 9.17) is 10.5 Å². The third-order valence-electron chi connectivity index (χ3n) is 5.65. The molecule has 4 rings (SSSR count). The van der Waals surface area contributed by atoms with Crippen molar-refractivity contribution < 1.29 is 9.53 Å². The first kappa shape index (κ1) is 24.7. The number of nitrogen functional groups attached to an aromatic ring is 1. The first-order valence-corrected chi connectivity index (χ1v) is 12.1. The average molecular weight is 493 g/mol. The predicted molar refractivity (Wildman–Crippen MR) is 137 cm³/mol. The van der Waals surface area contributed by atoms with Crippen molar-refractivity contribution >= 4 is 62.3 Å². The fourth-order valence-corrected chi connectivity index (χ4v) is 6.39. The number of amides is 1. The first-order chi connectivity index (χ1) is 14.9. The van der Waals surface area contributed by atoms with E-state index in [1.807, 2.05) is 19.2 Å². The van der Waals surface area contributed by atoms with Gasteiger partial charge in [0.2, 0.25) is 5.91 Å². The molecule has 4 heterocycles. The highest BCUT2D eigenvalue weighted by Crippen LogP contribution is 2.38. The standard InChI is InChI=1S/C23H28N4O2S2.ClH/c1-15-14-30-23-21(15)16(2)19(31-23)13-26(3)20(28)5-4-17-10-18(22(24)25-11-17)12-27-6-8-29-9-7-27;/h4-5,10-11,14H,6-9,12-13H2,1-3H3,(H2,24,25);1H/b5-4+;. The van der Waals surface area contributed by atoms with Crippen LogP contribution in [0.5, 0.6) is 0 Å². The summed E-state index contributed by atoms with van der Waals surface area (Å²) < 4.78 is 6.74. The van der Waals surface area contributed by atoms with E-state index < -0.39 is 0 Å². The zero-order chi connectivity index (χ0) is 22.0. The van der Waals surface area contributed by atoms with Crippen LogP contribution < -0.4 is 5.73 Å². The molecule has 0 aromatic carbocycles. The molecule has 32 heavy (non-hydrogen) atoms. The normalized spacial score (nSPS) is 14.7. The van der Waals surface area contributed by atoms with Crippen LogP contribution in [0.15, 0.2) is 23.7 Å². The van der Waals surface area contributed by atoms with Gasteiger partial charge in [-0.05, 0) is 48.1 Å². The summed E-state index contributed by atoms with van der Waals surface area (Å²) in [6, 6.07) is 2.02. The number of rotatable bonds is 6. The Hall–Kier alpha value is -1.97. The minimum atomic E-state index is -0.0283. The molecule has 2 N–H and O–H groups in total. The number of anilines is 1. The number of carbonyl (C=O) groups is 1. The van der Waals surface area contributed by atoms with Gasteiger partial charge in [0.1, 0.15) is 5.82 Å². The molecule has 1 amide bonds. The number of carbonyl (C=O) groups excluding carboxylic acids is 1. The maximum absolute atomic E-state index is 12.7. The van der Waals surface area contributed by atoms with Crippen molar-refractivity contribution in [1.82, 2.24) is 14.8 Å². The smallest absolute Gasteiger partial charge is 0.246 e. The van der Waals surface area contributed by atoms with Crippen molar-refractivity contribution in [2.45, 2.75) is 26.9 Å². The Balaban J connectivity index is 0.00000289. The van der Waals surface area contributed by atoms with Crippen LogP contribution in [-0.2, 0) is 22.6 Å². The summed E-state index contributed by atoms with van der Waals surface area (Å²) in [5.41, 5.74) is 10.5. The highest BCUT2D eigenvalue weighted by Gasteiger charge is 2.16. The molecule has 1 aliphatic rings. The van der Waals surface area contributed by atoms with Crippen molar-refractivity contribution in [3.8, 4) is 0 Å². The van der Waals surface area contributed by atoms with E-state index in [0.717, 1.165) is 44.0 Å². The molecule has 0 unspecified atom stereocenters. The van der Waals surface area contributed by atoms with Crippen LogP contribution in [0, 0.1) is 13.8 Å². The second kappa shape index (κ2) is 10.8. The van der Waals surface area contributed by atoms with Crippen LogP contribution in [0.1, 0.15) is 27.1 Å². The number of aromatic nitrogens is 1. The molecule has 3 aromatic heterocycles. The molecule has 3 aromatic rings. The topological polar surface area (TPSA) is 71.7 Å². The average Bonchev–Trinajstić information content (AvgIpc) is 3.28. The lowest BCUT2D eigenvalue weighted by atomic mass is 10.1. The Morgan fingerprint density at radius 1 is 1.34 bits per heavy atom. The van der Waals surface area contributed by atoms with E-state index >= 15 is 0 Å². The zero-order valence-corrected chi connectivity index (χ0v) is 21.0. The summed E-state index contributed by atoms with van der Waals surface area (Å²) >= 11 is 3.57. The molecular weight excluding hydrogens is 464 g/mol. The van der Waals surface area contributed by atoms with E-state index in [9.17, 15) is 4.79 Å². The quantitative estimate of drug-likeness (QED) is 0.513. The lowest BCUT2D eigenvalue weighted by molar-refractivity contribution is -0.125. The van der Waals surface area contributed by atoms with Gasteiger partial charge in [-0.2, -0.15) is 0 Å². The second-order valence-corrected chi connectivity index (χ2v) is 10.2. The molecule has 172 valence electrons. The number of morpholine rings is 1. The van der Waals surface area contributed by atoms with Crippen LogP contribution >= 0.6 is 35.1 Å². The summed E-state index contributed by atoms with van der Waals surface area (Å²) in [7, 11) is 1.85. The highest BCUT2D eigenvalue weighted by atomic mass is 35.5. The monoisotopic (exact) mass is 492 g/mol. The molecule has 1 fully saturated rings. The van der Waals surface area contributed by atoms with Gasteiger partial charge in [0.25, 0.3) is 0 Å². The lowest BCUT2D eigenvalue weighted by Crippen LogP contribution is -2.35. The third kappa shape index (κ3) is 5.50. The maximum Gasteiger partial charge on any atom is 0.246 e. The van der Waals surface area contributed by atoms with E-state index in [0.29, 0.717) is 12.4 Å². The van der Waals surface area contributed by atoms with E-state index in [2.05, 4.69) is 29.1 Å². The van der Waals surface area contributed by atoms with E-state index in [1.54, 1.807) is 39.8 Å². The maximum atomic E-state index is 12.7. The number of halogens is 1. The molecule has 6 nitrogen and oxygen atoms in total. The molecule has 1 saturated heterocycles. The first-order valence-electron chi connectivity index (χ1n) is 10.4. The van der Waals surface area contributed by atoms with Gasteiger partial charge < -0.3 is 15.4 Å². The Bertz CT molecular complexity index is 1120. The second-order valence-electron chi connectivity index (χ2n) is 7.96. The molecule has 0 radical (unpaired) electrons. The zero-order valence-electron chi connectivity index (χ0n) is 18.6. The molecule has 1 aliphatic heterocycles. The third-order valence-corrected chi connectivity index (χ3v) is 8.15. The number of fused-ring (bicyclic) bond motifs is 1. The number of aryl methyl sites for hydroxylation is 2. The number of ether oxygens (including phenoxy) is 1. The number of nitrogens with zero attached hydrogens (tertiary/aromatic N) is 3. The Morgan fingerprint density at radius 3 is 2.81 bits per heavy atom. The van der Waals surface area contributed by atoms with E-state index in [1.165, 1.54) is 25.4 Å². The Labute approximate surface area is 203 Å². The number of nitrogens with two attached hydrogens (primary N) is 1. The number of pyridine rings is 1. The van der Waals surface area contributed by atoms with Gasteiger partial charge in [-0.25, -0.2) is 4.98 Å². The van der Waals surface area contributed by atoms with Crippen molar-refractivity contribution in [1.29, 1.82) is 0 Å². The molecule has 9 heteroatoms. The number of hydrogen-bond donors (Lipinski definition) is 1. The van der Waals surface area contributed by atoms with Crippen molar-refractivity contribution in [2.24, 2.45) is 0 Å². The molecular formula is C23H29ClN4O2S2. The molecule has 0 bridgehead atoms. The summed E-state index contributed by atoms with van der Waals surface area (Å²) in [5, 5.41) is 3.55. The SMILES string of the molecule is Cc1csc2sc(CN(C)C(=O)/C=C/c3cnc(N)c(CN4CCOCC4)c3)c(C)c12.Cl. The van der Waals surface area contributed by atoms with Crippen LogP contribution in [0.3, 0.4) is 0 Å². The van der Waals surface area contributed by atoms with Crippen LogP contribution in [0.25, 0.3) is 15.5 Å². The molecule has 0 saturated carbocycles. The largest absolute Gasteiger partial charge is 0.383 e. The summed E-state index contributed by atoms with van der Waals surface area (Å²) in [6.07, 6.45) is 5.14. The summed E-state index contributed by atoms with van der Waals surface area (Å²) in [6.45, 7) is 8.93. The fourth-order valence-electron chi connectivity index (χ4n) is 3.77. The fraction of sp³-hybridized carbons (Fsp3) is 0.391. The highest BCUT2D eigenvalue weighted by molar-refractivity contribution is 7.37. The lowest BCUT2D eigenvalue weighted by Gasteiger charge is -2.26. The Kier molecular flexibility index (Phi) is 8.30. The van der Waals surface area contributed by atoms with Gasteiger partial charge in [-0.3, -0.25) is 9.69 Å². The van der Waals surface area contributed by atoms with Gasteiger partial charge in [-0.15, -0.1) is 35.1 Å². The van der Waals surface area contributed by atoms with Gasteiger partial charge in [0, 0.05) is 54.8 Å². The number of hydrogen-bond acceptors (Lipinski definition) is 7. The number of likely N-dealkylation sites (N-methyl/N-ethyl adjacent to an activating group) is 1. The van der Waals surface area contributed by atoms with Crippen LogP contribution in [0.4, 0.5) is 5.82 Å². The Morgan fingerprint density at radius 2 is 2.09 bits per heavy atom. The van der Waals surface area contributed by atoms with Gasteiger partial charge in [0.05, 0.1) is 23.8 Å². The van der Waals surface area contributed by atoms with Crippen LogP contribution in [0.2, 0.25) is 0 Å². The molecule has 0 aliphatic carbocycles. The molecule has 0 spiro atoms. The van der Waals surface area contributed by atoms with Crippen molar-refractivity contribution in [2.75, 3.05) is 39.1 Å². The predicted octanol–water partition coefficient (Wildman–Crippen LogP) is 4.48. The van der Waals surface area contributed by atoms with Crippen LogP contribution in [-0.4, -0.2) is 54.0 Å². The van der Waals surface area contributed by atoms with Crippen molar-refractivity contribution in [3.05, 3.63) is 50.9 Å². The van der Waals surface area contributed by atoms with Crippen molar-refractivity contribution in [3.63, 3.8) is 0 Å². The summed E-state index contributed by atoms with van der Waals surface area (Å²) in [4.78, 5) is 22.3. The summed E-state index contributed by atoms with van der Waals surface area (Å²) in [5.74, 6) is 0.509.